The second-order valence-corrected chi connectivity index (χ2v) is 4.15. The Bertz CT molecular complexity index is 502. The third-order valence-corrected chi connectivity index (χ3v) is 2.20. The number of esters is 1. The van der Waals surface area contributed by atoms with E-state index >= 15 is 0 Å². The number of rotatable bonds is 3. The lowest BCUT2D eigenvalue weighted by molar-refractivity contribution is -0.135. The lowest BCUT2D eigenvalue weighted by Crippen LogP contribution is -2.10. The highest BCUT2D eigenvalue weighted by Crippen LogP contribution is 2.18. The van der Waals surface area contributed by atoms with Crippen LogP contribution in [0.3, 0.4) is 0 Å². The van der Waals surface area contributed by atoms with Crippen LogP contribution < -0.4 is 4.74 Å². The van der Waals surface area contributed by atoms with Crippen LogP contribution in [0.4, 0.5) is 0 Å². The fourth-order valence-electron chi connectivity index (χ4n) is 1.48. The first-order valence-electron chi connectivity index (χ1n) is 5.29. The molecule has 16 heavy (non-hydrogen) atoms. The summed E-state index contributed by atoms with van der Waals surface area (Å²) in [6.07, 6.45) is 2.05. The molecule has 1 aromatic heterocycles. The monoisotopic (exact) mass is 218 g/mol. The van der Waals surface area contributed by atoms with E-state index in [1.807, 2.05) is 19.9 Å². The number of ether oxygens (including phenoxy) is 1. The van der Waals surface area contributed by atoms with Crippen LogP contribution in [0.15, 0.2) is 24.5 Å². The van der Waals surface area contributed by atoms with Gasteiger partial charge in [-0.1, -0.05) is 13.8 Å². The van der Waals surface area contributed by atoms with E-state index in [-0.39, 0.29) is 5.97 Å². The zero-order valence-corrected chi connectivity index (χ0v) is 9.36. The summed E-state index contributed by atoms with van der Waals surface area (Å²) >= 11 is 0. The lowest BCUT2D eigenvalue weighted by atomic mass is 10.1. The molecule has 0 atom stereocenters. The van der Waals surface area contributed by atoms with Gasteiger partial charge in [-0.25, -0.2) is 4.98 Å². The second-order valence-electron chi connectivity index (χ2n) is 4.15. The highest BCUT2D eigenvalue weighted by molar-refractivity contribution is 5.78. The van der Waals surface area contributed by atoms with E-state index in [4.69, 9.17) is 4.74 Å². The third kappa shape index (κ3) is 2.39. The van der Waals surface area contributed by atoms with Crippen molar-refractivity contribution in [3.8, 4) is 5.75 Å². The largest absolute Gasteiger partial charge is 0.426 e. The van der Waals surface area contributed by atoms with Crippen LogP contribution in [-0.2, 0) is 4.79 Å². The van der Waals surface area contributed by atoms with Gasteiger partial charge in [0.2, 0.25) is 0 Å². The summed E-state index contributed by atoms with van der Waals surface area (Å²) in [5, 5.41) is 0. The molecule has 0 radical (unpaired) electrons. The number of aromatic nitrogens is 2. The average molecular weight is 218 g/mol. The van der Waals surface area contributed by atoms with E-state index < -0.39 is 0 Å². The molecule has 0 bridgehead atoms. The molecule has 0 aliphatic rings. The van der Waals surface area contributed by atoms with Crippen LogP contribution in [-0.4, -0.2) is 15.9 Å². The van der Waals surface area contributed by atoms with E-state index in [2.05, 4.69) is 9.97 Å². The summed E-state index contributed by atoms with van der Waals surface area (Å²) in [6, 6.07) is 5.35. The molecular formula is C12H14N2O2. The van der Waals surface area contributed by atoms with Crippen LogP contribution >= 0.6 is 0 Å². The van der Waals surface area contributed by atoms with Crippen LogP contribution in [0, 0.1) is 5.92 Å². The topological polar surface area (TPSA) is 55.0 Å². The van der Waals surface area contributed by atoms with Crippen molar-refractivity contribution in [1.29, 1.82) is 0 Å². The number of carbonyl (C=O) groups excluding carboxylic acids is 1. The van der Waals surface area contributed by atoms with Crippen molar-refractivity contribution in [3.05, 3.63) is 24.5 Å². The Balaban J connectivity index is 2.11. The highest BCUT2D eigenvalue weighted by Gasteiger charge is 2.08. The van der Waals surface area contributed by atoms with Crippen molar-refractivity contribution in [2.24, 2.45) is 5.92 Å². The van der Waals surface area contributed by atoms with Crippen molar-refractivity contribution >= 4 is 17.0 Å². The molecule has 2 aromatic rings. The maximum atomic E-state index is 11.4. The van der Waals surface area contributed by atoms with Crippen molar-refractivity contribution in [1.82, 2.24) is 9.97 Å². The zero-order chi connectivity index (χ0) is 11.5. The molecule has 0 aliphatic carbocycles. The average Bonchev–Trinajstić information content (AvgIpc) is 2.63. The number of benzene rings is 1. The van der Waals surface area contributed by atoms with E-state index in [0.717, 1.165) is 11.0 Å². The highest BCUT2D eigenvalue weighted by atomic mass is 16.5. The van der Waals surface area contributed by atoms with E-state index in [9.17, 15) is 4.79 Å². The van der Waals surface area contributed by atoms with Gasteiger partial charge in [0, 0.05) is 12.5 Å². The number of imidazole rings is 1. The first kappa shape index (κ1) is 10.7. The fourth-order valence-corrected chi connectivity index (χ4v) is 1.48. The minimum atomic E-state index is -0.200. The predicted molar refractivity (Wildman–Crippen MR) is 61.2 cm³/mol. The lowest BCUT2D eigenvalue weighted by Gasteiger charge is -2.05. The van der Waals surface area contributed by atoms with Crippen LogP contribution in [0.5, 0.6) is 5.75 Å². The zero-order valence-electron chi connectivity index (χ0n) is 9.36. The van der Waals surface area contributed by atoms with E-state index in [1.54, 1.807) is 18.5 Å². The molecule has 1 N–H and O–H groups in total. The molecule has 84 valence electrons. The van der Waals surface area contributed by atoms with Crippen LogP contribution in [0.1, 0.15) is 20.3 Å². The summed E-state index contributed by atoms with van der Waals surface area (Å²) in [5.41, 5.74) is 1.73. The van der Waals surface area contributed by atoms with Crippen molar-refractivity contribution in [2.45, 2.75) is 20.3 Å². The van der Waals surface area contributed by atoms with Crippen molar-refractivity contribution < 1.29 is 9.53 Å². The van der Waals surface area contributed by atoms with E-state index in [1.165, 1.54) is 0 Å². The Hall–Kier alpha value is -1.84. The van der Waals surface area contributed by atoms with Crippen LogP contribution in [0.25, 0.3) is 11.0 Å². The number of hydrogen-bond donors (Lipinski definition) is 1. The number of fused-ring (bicyclic) bond motifs is 1. The van der Waals surface area contributed by atoms with Crippen molar-refractivity contribution in [2.75, 3.05) is 0 Å². The normalized spacial score (nSPS) is 10.9. The minimum Gasteiger partial charge on any atom is -0.426 e. The fraction of sp³-hybridized carbons (Fsp3) is 0.333. The van der Waals surface area contributed by atoms with Gasteiger partial charge in [-0.3, -0.25) is 4.79 Å². The molecule has 0 saturated carbocycles. The quantitative estimate of drug-likeness (QED) is 0.636. The van der Waals surface area contributed by atoms with Gasteiger partial charge in [0.25, 0.3) is 0 Å². The molecular weight excluding hydrogens is 204 g/mol. The molecule has 0 unspecified atom stereocenters. The Morgan fingerprint density at radius 2 is 2.31 bits per heavy atom. The molecule has 0 aliphatic heterocycles. The Morgan fingerprint density at radius 3 is 3.06 bits per heavy atom. The first-order chi connectivity index (χ1) is 7.65. The van der Waals surface area contributed by atoms with Gasteiger partial charge in [0.05, 0.1) is 17.4 Å². The summed E-state index contributed by atoms with van der Waals surface area (Å²) in [6.45, 7) is 3.97. The molecule has 4 nitrogen and oxygen atoms in total. The summed E-state index contributed by atoms with van der Waals surface area (Å²) in [4.78, 5) is 18.5. The number of hydrogen-bond acceptors (Lipinski definition) is 3. The summed E-state index contributed by atoms with van der Waals surface area (Å²) in [7, 11) is 0. The maximum Gasteiger partial charge on any atom is 0.311 e. The molecule has 2 rings (SSSR count). The smallest absolute Gasteiger partial charge is 0.311 e. The van der Waals surface area contributed by atoms with Gasteiger partial charge in [0.15, 0.2) is 0 Å². The standard InChI is InChI=1S/C12H14N2O2/c1-8(2)5-12(15)16-9-3-4-10-11(6-9)14-7-13-10/h3-4,6-8H,5H2,1-2H3,(H,13,14). The van der Waals surface area contributed by atoms with Crippen molar-refractivity contribution in [3.63, 3.8) is 0 Å². The molecule has 4 heteroatoms. The molecule has 0 amide bonds. The first-order valence-corrected chi connectivity index (χ1v) is 5.29. The Morgan fingerprint density at radius 1 is 1.50 bits per heavy atom. The van der Waals surface area contributed by atoms with Gasteiger partial charge in [0.1, 0.15) is 5.75 Å². The number of nitrogens with zero attached hydrogens (tertiary/aromatic N) is 1. The number of H-pyrrole nitrogens is 1. The van der Waals surface area contributed by atoms with Gasteiger partial charge in [-0.15, -0.1) is 0 Å². The molecule has 1 heterocycles. The number of carbonyl (C=O) groups is 1. The predicted octanol–water partition coefficient (Wildman–Crippen LogP) is 2.51. The molecule has 0 spiro atoms. The van der Waals surface area contributed by atoms with Gasteiger partial charge >= 0.3 is 5.97 Å². The molecule has 0 saturated heterocycles. The Labute approximate surface area is 93.6 Å². The second kappa shape index (κ2) is 4.35. The van der Waals surface area contributed by atoms with Gasteiger partial charge in [-0.2, -0.15) is 0 Å². The summed E-state index contributed by atoms with van der Waals surface area (Å²) in [5.74, 6) is 0.666. The minimum absolute atomic E-state index is 0.200. The van der Waals surface area contributed by atoms with Crippen LogP contribution in [0.2, 0.25) is 0 Å². The van der Waals surface area contributed by atoms with Gasteiger partial charge in [-0.05, 0) is 18.1 Å². The van der Waals surface area contributed by atoms with Gasteiger partial charge < -0.3 is 9.72 Å². The SMILES string of the molecule is CC(C)CC(=O)Oc1ccc2nc[nH]c2c1. The maximum absolute atomic E-state index is 11.4. The Kier molecular flexibility index (Phi) is 2.90. The number of aromatic amines is 1. The van der Waals surface area contributed by atoms with E-state index in [0.29, 0.717) is 18.1 Å². The molecule has 1 aromatic carbocycles. The third-order valence-electron chi connectivity index (χ3n) is 2.20. The number of nitrogens with one attached hydrogen (secondary N) is 1. The molecule has 0 fully saturated rings. The summed E-state index contributed by atoms with van der Waals surface area (Å²) < 4.78 is 5.22.